The normalized spacial score (nSPS) is 21.8. The SMILES string of the molecule is C/C=C/CCNC(=NC)NCC1(CN2CCOCC2)CCCCC1.I. The van der Waals surface area contributed by atoms with E-state index >= 15 is 0 Å². The van der Waals surface area contributed by atoms with Gasteiger partial charge in [0, 0.05) is 45.2 Å². The van der Waals surface area contributed by atoms with Gasteiger partial charge in [0.25, 0.3) is 0 Å². The van der Waals surface area contributed by atoms with Gasteiger partial charge in [0.15, 0.2) is 5.96 Å². The molecule has 0 bridgehead atoms. The lowest BCUT2D eigenvalue weighted by Gasteiger charge is -2.42. The van der Waals surface area contributed by atoms with Crippen LogP contribution < -0.4 is 10.6 Å². The first-order chi connectivity index (χ1) is 11.8. The lowest BCUT2D eigenvalue weighted by atomic mass is 9.73. The van der Waals surface area contributed by atoms with Crippen LogP contribution in [0.3, 0.4) is 0 Å². The van der Waals surface area contributed by atoms with E-state index in [1.165, 1.54) is 38.6 Å². The largest absolute Gasteiger partial charge is 0.379 e. The molecule has 2 rings (SSSR count). The first kappa shape index (κ1) is 22.7. The third kappa shape index (κ3) is 8.26. The van der Waals surface area contributed by atoms with Gasteiger partial charge in [-0.15, -0.1) is 24.0 Å². The Balaban J connectivity index is 0.00000312. The van der Waals surface area contributed by atoms with Gasteiger partial charge in [0.1, 0.15) is 0 Å². The average molecular weight is 464 g/mol. The van der Waals surface area contributed by atoms with Gasteiger partial charge in [-0.3, -0.25) is 9.89 Å². The van der Waals surface area contributed by atoms with Crippen molar-refractivity contribution in [2.45, 2.75) is 45.4 Å². The van der Waals surface area contributed by atoms with Crippen LogP contribution in [0.4, 0.5) is 0 Å². The van der Waals surface area contributed by atoms with Crippen LogP contribution in [0.25, 0.3) is 0 Å². The zero-order valence-electron chi connectivity index (χ0n) is 16.1. The van der Waals surface area contributed by atoms with Crippen LogP contribution in [0.5, 0.6) is 0 Å². The van der Waals surface area contributed by atoms with Gasteiger partial charge in [0.05, 0.1) is 13.2 Å². The molecule has 1 saturated heterocycles. The second-order valence-electron chi connectivity index (χ2n) is 7.16. The third-order valence-electron chi connectivity index (χ3n) is 5.27. The molecular formula is C19H37IN4O. The maximum absolute atomic E-state index is 5.51. The Morgan fingerprint density at radius 3 is 2.52 bits per heavy atom. The van der Waals surface area contributed by atoms with Crippen molar-refractivity contribution in [2.75, 3.05) is 53.0 Å². The number of nitrogens with one attached hydrogen (secondary N) is 2. The first-order valence-corrected chi connectivity index (χ1v) is 9.64. The molecule has 6 heteroatoms. The summed E-state index contributed by atoms with van der Waals surface area (Å²) in [5.41, 5.74) is 0.385. The summed E-state index contributed by atoms with van der Waals surface area (Å²) >= 11 is 0. The van der Waals surface area contributed by atoms with E-state index in [0.29, 0.717) is 5.41 Å². The number of morpholine rings is 1. The summed E-state index contributed by atoms with van der Waals surface area (Å²) in [6.45, 7) is 9.14. The van der Waals surface area contributed by atoms with Crippen molar-refractivity contribution in [3.05, 3.63) is 12.2 Å². The molecule has 0 aromatic rings. The molecule has 0 spiro atoms. The van der Waals surface area contributed by atoms with E-state index < -0.39 is 0 Å². The molecule has 0 unspecified atom stereocenters. The topological polar surface area (TPSA) is 48.9 Å². The summed E-state index contributed by atoms with van der Waals surface area (Å²) in [6, 6.07) is 0. The Morgan fingerprint density at radius 1 is 1.16 bits per heavy atom. The molecule has 146 valence electrons. The van der Waals surface area contributed by atoms with Crippen molar-refractivity contribution < 1.29 is 4.74 Å². The van der Waals surface area contributed by atoms with Gasteiger partial charge < -0.3 is 15.4 Å². The van der Waals surface area contributed by atoms with Gasteiger partial charge in [-0.1, -0.05) is 31.4 Å². The second-order valence-corrected chi connectivity index (χ2v) is 7.16. The Bertz CT molecular complexity index is 402. The highest BCUT2D eigenvalue weighted by atomic mass is 127. The lowest BCUT2D eigenvalue weighted by Crippen LogP contribution is -2.51. The fourth-order valence-corrected chi connectivity index (χ4v) is 3.86. The highest BCUT2D eigenvalue weighted by Gasteiger charge is 2.34. The summed E-state index contributed by atoms with van der Waals surface area (Å²) in [6.07, 6.45) is 12.1. The molecule has 0 aromatic carbocycles. The summed E-state index contributed by atoms with van der Waals surface area (Å²) < 4.78 is 5.51. The van der Waals surface area contributed by atoms with E-state index in [1.807, 2.05) is 7.05 Å². The zero-order valence-corrected chi connectivity index (χ0v) is 18.4. The third-order valence-corrected chi connectivity index (χ3v) is 5.27. The van der Waals surface area contributed by atoms with E-state index in [2.05, 4.69) is 39.6 Å². The van der Waals surface area contributed by atoms with Gasteiger partial charge in [-0.05, 0) is 26.2 Å². The minimum absolute atomic E-state index is 0. The van der Waals surface area contributed by atoms with Gasteiger partial charge in [0.2, 0.25) is 0 Å². The standard InChI is InChI=1S/C19H36N4O.HI/c1-3-4-8-11-21-18(20-2)22-16-19(9-6-5-7-10-19)17-23-12-14-24-15-13-23;/h3-4H,5-17H2,1-2H3,(H2,20,21,22);1H/b4-3+;. The quantitative estimate of drug-likeness (QED) is 0.200. The molecule has 1 saturated carbocycles. The van der Waals surface area contributed by atoms with Gasteiger partial charge in [-0.2, -0.15) is 0 Å². The Hall–Kier alpha value is -0.340. The number of aliphatic imine (C=N–C) groups is 1. The van der Waals surface area contributed by atoms with E-state index in [4.69, 9.17) is 4.74 Å². The van der Waals surface area contributed by atoms with Crippen molar-refractivity contribution in [3.63, 3.8) is 0 Å². The molecule has 5 nitrogen and oxygen atoms in total. The molecule has 2 aliphatic rings. The van der Waals surface area contributed by atoms with Crippen LogP contribution >= 0.6 is 24.0 Å². The summed E-state index contributed by atoms with van der Waals surface area (Å²) in [4.78, 5) is 6.98. The van der Waals surface area contributed by atoms with E-state index in [0.717, 1.165) is 51.8 Å². The fourth-order valence-electron chi connectivity index (χ4n) is 3.86. The first-order valence-electron chi connectivity index (χ1n) is 9.64. The predicted molar refractivity (Wildman–Crippen MR) is 117 cm³/mol. The van der Waals surface area contributed by atoms with Crippen molar-refractivity contribution in [1.29, 1.82) is 0 Å². The number of allylic oxidation sites excluding steroid dienone is 1. The second kappa shape index (κ2) is 12.9. The monoisotopic (exact) mass is 464 g/mol. The minimum Gasteiger partial charge on any atom is -0.379 e. The number of nitrogens with zero attached hydrogens (tertiary/aromatic N) is 2. The Kier molecular flexibility index (Phi) is 11.7. The average Bonchev–Trinajstić information content (AvgIpc) is 2.63. The van der Waals surface area contributed by atoms with Crippen LogP contribution in [-0.4, -0.2) is 63.8 Å². The number of rotatable bonds is 7. The molecule has 1 aliphatic heterocycles. The number of hydrogen-bond donors (Lipinski definition) is 2. The summed E-state index contributed by atoms with van der Waals surface area (Å²) in [5, 5.41) is 7.02. The molecule has 0 amide bonds. The smallest absolute Gasteiger partial charge is 0.191 e. The molecular weight excluding hydrogens is 427 g/mol. The number of hydrogen-bond acceptors (Lipinski definition) is 3. The Morgan fingerprint density at radius 2 is 1.88 bits per heavy atom. The van der Waals surface area contributed by atoms with Gasteiger partial charge >= 0.3 is 0 Å². The highest BCUT2D eigenvalue weighted by molar-refractivity contribution is 14.0. The number of guanidine groups is 1. The predicted octanol–water partition coefficient (Wildman–Crippen LogP) is 3.02. The van der Waals surface area contributed by atoms with E-state index in [-0.39, 0.29) is 24.0 Å². The van der Waals surface area contributed by atoms with Crippen molar-refractivity contribution in [2.24, 2.45) is 10.4 Å². The van der Waals surface area contributed by atoms with Crippen LogP contribution in [0, 0.1) is 5.41 Å². The molecule has 1 heterocycles. The van der Waals surface area contributed by atoms with Crippen LogP contribution in [0.15, 0.2) is 17.1 Å². The van der Waals surface area contributed by atoms with Gasteiger partial charge in [-0.25, -0.2) is 0 Å². The molecule has 2 N–H and O–H groups in total. The molecule has 2 fully saturated rings. The maximum atomic E-state index is 5.51. The summed E-state index contributed by atoms with van der Waals surface area (Å²) in [5.74, 6) is 0.937. The molecule has 0 atom stereocenters. The van der Waals surface area contributed by atoms with E-state index in [1.54, 1.807) is 0 Å². The lowest BCUT2D eigenvalue weighted by molar-refractivity contribution is 0.00820. The zero-order chi connectivity index (χ0) is 17.1. The minimum atomic E-state index is 0. The fraction of sp³-hybridized carbons (Fsp3) is 0.842. The highest BCUT2D eigenvalue weighted by Crippen LogP contribution is 2.36. The molecule has 1 aliphatic carbocycles. The van der Waals surface area contributed by atoms with Crippen molar-refractivity contribution >= 4 is 29.9 Å². The number of halogens is 1. The Labute approximate surface area is 171 Å². The molecule has 25 heavy (non-hydrogen) atoms. The maximum Gasteiger partial charge on any atom is 0.191 e. The van der Waals surface area contributed by atoms with Crippen LogP contribution in [0.2, 0.25) is 0 Å². The summed E-state index contributed by atoms with van der Waals surface area (Å²) in [7, 11) is 1.86. The molecule has 0 aromatic heterocycles. The molecule has 0 radical (unpaired) electrons. The van der Waals surface area contributed by atoms with Crippen LogP contribution in [0.1, 0.15) is 45.4 Å². The van der Waals surface area contributed by atoms with E-state index in [9.17, 15) is 0 Å². The van der Waals surface area contributed by atoms with Crippen molar-refractivity contribution in [1.82, 2.24) is 15.5 Å². The van der Waals surface area contributed by atoms with Crippen molar-refractivity contribution in [3.8, 4) is 0 Å². The van der Waals surface area contributed by atoms with Crippen LogP contribution in [-0.2, 0) is 4.74 Å². The number of ether oxygens (including phenoxy) is 1.